The molecule has 4 heteroatoms. The quantitative estimate of drug-likeness (QED) is 0.545. The highest BCUT2D eigenvalue weighted by Gasteiger charge is 2.57. The summed E-state index contributed by atoms with van der Waals surface area (Å²) >= 11 is 0. The Morgan fingerprint density at radius 2 is 1.81 bits per heavy atom. The normalized spacial score (nSPS) is 39.4. The molecule has 3 nitrogen and oxygen atoms in total. The molecule has 0 spiro atoms. The van der Waals surface area contributed by atoms with Crippen molar-refractivity contribution in [3.63, 3.8) is 0 Å². The second-order valence-corrected chi connectivity index (χ2v) is 10.6. The van der Waals surface area contributed by atoms with Gasteiger partial charge in [-0.2, -0.15) is 8.42 Å². The molecule has 1 aromatic carbocycles. The van der Waals surface area contributed by atoms with Gasteiger partial charge in [-0.25, -0.2) is 0 Å². The van der Waals surface area contributed by atoms with Crippen LogP contribution in [0.15, 0.2) is 40.8 Å². The van der Waals surface area contributed by atoms with E-state index in [0.717, 1.165) is 54.9 Å². The molecule has 0 aromatic heterocycles. The third kappa shape index (κ3) is 2.77. The van der Waals surface area contributed by atoms with Crippen molar-refractivity contribution < 1.29 is 12.6 Å². The summed E-state index contributed by atoms with van der Waals surface area (Å²) in [6.45, 7) is 9.13. The van der Waals surface area contributed by atoms with Crippen LogP contribution in [0, 0.1) is 36.0 Å². The average molecular weight is 375 g/mol. The van der Waals surface area contributed by atoms with E-state index in [9.17, 15) is 8.42 Å². The van der Waals surface area contributed by atoms with E-state index in [1.807, 2.05) is 19.1 Å². The summed E-state index contributed by atoms with van der Waals surface area (Å²) in [4.78, 5) is 0.260. The van der Waals surface area contributed by atoms with Gasteiger partial charge in [0.2, 0.25) is 0 Å². The van der Waals surface area contributed by atoms with Crippen molar-refractivity contribution in [2.75, 3.05) is 0 Å². The van der Waals surface area contributed by atoms with E-state index in [1.165, 1.54) is 5.57 Å². The van der Waals surface area contributed by atoms with Crippen LogP contribution < -0.4 is 0 Å². The van der Waals surface area contributed by atoms with Crippen LogP contribution >= 0.6 is 0 Å². The Hall–Kier alpha value is -1.13. The number of aryl methyl sites for hydroxylation is 1. The highest BCUT2D eigenvalue weighted by molar-refractivity contribution is 7.86. The van der Waals surface area contributed by atoms with Gasteiger partial charge < -0.3 is 0 Å². The Balaban J connectivity index is 1.50. The monoisotopic (exact) mass is 374 g/mol. The van der Waals surface area contributed by atoms with E-state index < -0.39 is 10.1 Å². The van der Waals surface area contributed by atoms with Gasteiger partial charge in [0, 0.05) is 0 Å². The molecule has 3 aliphatic carbocycles. The summed E-state index contributed by atoms with van der Waals surface area (Å²) in [7, 11) is -3.69. The van der Waals surface area contributed by atoms with Gasteiger partial charge >= 0.3 is 0 Å². The molecule has 3 aliphatic rings. The van der Waals surface area contributed by atoms with Crippen molar-refractivity contribution in [1.29, 1.82) is 0 Å². The lowest BCUT2D eigenvalue weighted by Gasteiger charge is -2.62. The van der Waals surface area contributed by atoms with E-state index in [4.69, 9.17) is 4.18 Å². The number of fused-ring (bicyclic) bond motifs is 3. The zero-order valence-electron chi connectivity index (χ0n) is 16.2. The van der Waals surface area contributed by atoms with Gasteiger partial charge in [-0.3, -0.25) is 4.18 Å². The van der Waals surface area contributed by atoms with Crippen LogP contribution in [0.25, 0.3) is 0 Å². The van der Waals surface area contributed by atoms with Crippen LogP contribution in [-0.4, -0.2) is 14.5 Å². The molecule has 2 saturated carbocycles. The molecule has 0 N–H and O–H groups in total. The van der Waals surface area contributed by atoms with E-state index in [0.29, 0.717) is 0 Å². The first-order chi connectivity index (χ1) is 12.2. The van der Waals surface area contributed by atoms with Crippen LogP contribution in [0.4, 0.5) is 0 Å². The Labute approximate surface area is 158 Å². The molecule has 0 radical (unpaired) electrons. The van der Waals surface area contributed by atoms with E-state index >= 15 is 0 Å². The summed E-state index contributed by atoms with van der Waals surface area (Å²) in [6, 6.07) is 6.91. The third-order valence-corrected chi connectivity index (χ3v) is 9.02. The first-order valence-corrected chi connectivity index (χ1v) is 11.3. The lowest BCUT2D eigenvalue weighted by molar-refractivity contribution is -0.0910. The molecular formula is C22H30O3S. The van der Waals surface area contributed by atoms with E-state index in [-0.39, 0.29) is 16.4 Å². The third-order valence-electron chi connectivity index (χ3n) is 7.64. The van der Waals surface area contributed by atoms with Gasteiger partial charge in [-0.15, -0.1) is 0 Å². The fraction of sp³-hybridized carbons (Fsp3) is 0.636. The summed E-state index contributed by atoms with van der Waals surface area (Å²) in [6.07, 6.45) is 5.93. The van der Waals surface area contributed by atoms with Crippen molar-refractivity contribution in [2.24, 2.45) is 29.1 Å². The number of rotatable bonds is 3. The molecule has 0 amide bonds. The highest BCUT2D eigenvalue weighted by atomic mass is 32.2. The van der Waals surface area contributed by atoms with Crippen LogP contribution in [0.2, 0.25) is 0 Å². The molecule has 4 rings (SSSR count). The fourth-order valence-corrected chi connectivity index (χ4v) is 7.00. The van der Waals surface area contributed by atoms with Crippen LogP contribution in [0.3, 0.4) is 0 Å². The Kier molecular flexibility index (Phi) is 4.35. The number of allylic oxidation sites excluding steroid dienone is 1. The maximum Gasteiger partial charge on any atom is 0.297 e. The molecule has 1 aromatic rings. The predicted molar refractivity (Wildman–Crippen MR) is 103 cm³/mol. The standard InChI is InChI=1S/C22H30O3S/c1-14-5-8-19(9-6-14)26(23,24)25-18-11-12-22(4)17(13-18)7-10-20-15(2)16(3)21(20)22/h5-9,15-16,18,20-21H,10-13H2,1-4H3/t15?,16?,18-,20?,21?,22-/m0/s1. The second-order valence-electron chi connectivity index (χ2n) is 9.02. The second kappa shape index (κ2) is 6.20. The average Bonchev–Trinajstić information content (AvgIpc) is 2.60. The lowest BCUT2D eigenvalue weighted by atomic mass is 9.43. The predicted octanol–water partition coefficient (Wildman–Crippen LogP) is 5.11. The minimum Gasteiger partial charge on any atom is -0.263 e. The topological polar surface area (TPSA) is 43.4 Å². The van der Waals surface area contributed by atoms with Gasteiger partial charge in [0.1, 0.15) is 0 Å². The fourth-order valence-electron chi connectivity index (χ4n) is 5.90. The minimum absolute atomic E-state index is 0.231. The summed E-state index contributed by atoms with van der Waals surface area (Å²) < 4.78 is 30.9. The molecule has 2 fully saturated rings. The summed E-state index contributed by atoms with van der Waals surface area (Å²) in [5.41, 5.74) is 2.72. The molecular weight excluding hydrogens is 344 g/mol. The van der Waals surface area contributed by atoms with Gasteiger partial charge in [0.15, 0.2) is 0 Å². The molecule has 142 valence electrons. The van der Waals surface area contributed by atoms with E-state index in [1.54, 1.807) is 12.1 Å². The summed E-state index contributed by atoms with van der Waals surface area (Å²) in [5, 5.41) is 0. The zero-order chi connectivity index (χ0) is 18.7. The Morgan fingerprint density at radius 3 is 2.50 bits per heavy atom. The minimum atomic E-state index is -3.69. The number of hydrogen-bond donors (Lipinski definition) is 0. The first-order valence-electron chi connectivity index (χ1n) is 9.92. The summed E-state index contributed by atoms with van der Waals surface area (Å²) in [5.74, 6) is 3.15. The van der Waals surface area contributed by atoms with E-state index in [2.05, 4.69) is 26.8 Å². The van der Waals surface area contributed by atoms with Crippen molar-refractivity contribution >= 4 is 10.1 Å². The van der Waals surface area contributed by atoms with Gasteiger partial charge in [0.25, 0.3) is 10.1 Å². The van der Waals surface area contributed by atoms with Crippen molar-refractivity contribution in [1.82, 2.24) is 0 Å². The van der Waals surface area contributed by atoms with Crippen molar-refractivity contribution in [3.05, 3.63) is 41.5 Å². The molecule has 6 atom stereocenters. The first kappa shape index (κ1) is 18.2. The SMILES string of the molecule is Cc1ccc(S(=O)(=O)O[C@H]2CC[C@@]3(C)C(=CCC4C(C)C(C)C43)C2)cc1. The molecule has 26 heavy (non-hydrogen) atoms. The molecule has 0 heterocycles. The highest BCUT2D eigenvalue weighted by Crippen LogP contribution is 2.64. The smallest absolute Gasteiger partial charge is 0.263 e. The zero-order valence-corrected chi connectivity index (χ0v) is 17.1. The maximum absolute atomic E-state index is 12.6. The van der Waals surface area contributed by atoms with Crippen molar-refractivity contribution in [3.8, 4) is 0 Å². The van der Waals surface area contributed by atoms with Crippen molar-refractivity contribution in [2.45, 2.75) is 64.4 Å². The largest absolute Gasteiger partial charge is 0.297 e. The molecule has 0 bridgehead atoms. The van der Waals surface area contributed by atoms with Crippen LogP contribution in [0.5, 0.6) is 0 Å². The van der Waals surface area contributed by atoms with Gasteiger partial charge in [0.05, 0.1) is 11.0 Å². The van der Waals surface area contributed by atoms with Crippen LogP contribution in [0.1, 0.15) is 52.0 Å². The molecule has 0 saturated heterocycles. The lowest BCUT2D eigenvalue weighted by Crippen LogP contribution is -2.55. The number of hydrogen-bond acceptors (Lipinski definition) is 3. The van der Waals surface area contributed by atoms with Gasteiger partial charge in [-0.05, 0) is 73.8 Å². The van der Waals surface area contributed by atoms with Gasteiger partial charge in [-0.1, -0.05) is 50.1 Å². The number of benzene rings is 1. The molecule has 0 aliphatic heterocycles. The Morgan fingerprint density at radius 1 is 1.12 bits per heavy atom. The Bertz CT molecular complexity index is 823. The maximum atomic E-state index is 12.6. The van der Waals surface area contributed by atoms with Crippen LogP contribution in [-0.2, 0) is 14.3 Å². The molecule has 4 unspecified atom stereocenters.